The van der Waals surface area contributed by atoms with Crippen LogP contribution in [0.4, 0.5) is 0 Å². The average Bonchev–Trinajstić information content (AvgIpc) is 2.62. The number of esters is 1. The van der Waals surface area contributed by atoms with Crippen molar-refractivity contribution < 1.29 is 9.53 Å². The van der Waals surface area contributed by atoms with Crippen LogP contribution in [0, 0.1) is 0 Å². The highest BCUT2D eigenvalue weighted by atomic mass is 35.5. The van der Waals surface area contributed by atoms with Gasteiger partial charge in [0.15, 0.2) is 0 Å². The minimum Gasteiger partial charge on any atom is -0.465 e. The summed E-state index contributed by atoms with van der Waals surface area (Å²) in [5.41, 5.74) is 1.57. The Morgan fingerprint density at radius 2 is 2.43 bits per heavy atom. The zero-order valence-corrected chi connectivity index (χ0v) is 8.13. The zero-order valence-electron chi connectivity index (χ0n) is 7.37. The van der Waals surface area contributed by atoms with Crippen LogP contribution in [0.25, 0.3) is 11.0 Å². The summed E-state index contributed by atoms with van der Waals surface area (Å²) in [6, 6.07) is 1.65. The van der Waals surface area contributed by atoms with E-state index in [0.29, 0.717) is 21.6 Å². The Balaban J connectivity index is 2.70. The second-order valence-electron chi connectivity index (χ2n) is 2.71. The van der Waals surface area contributed by atoms with Crippen molar-refractivity contribution in [3.63, 3.8) is 0 Å². The molecule has 0 unspecified atom stereocenters. The molecule has 0 amide bonds. The van der Waals surface area contributed by atoms with E-state index in [1.807, 2.05) is 0 Å². The van der Waals surface area contributed by atoms with Gasteiger partial charge in [-0.15, -0.1) is 0 Å². The lowest BCUT2D eigenvalue weighted by atomic mass is 10.3. The number of rotatable bonds is 1. The van der Waals surface area contributed by atoms with E-state index in [2.05, 4.69) is 14.7 Å². The molecule has 0 radical (unpaired) electrons. The zero-order chi connectivity index (χ0) is 10.1. The van der Waals surface area contributed by atoms with E-state index in [1.54, 1.807) is 12.3 Å². The molecule has 0 aliphatic carbocycles. The number of nitrogens with one attached hydrogen (secondary N) is 1. The van der Waals surface area contributed by atoms with Crippen LogP contribution in [-0.4, -0.2) is 23.0 Å². The van der Waals surface area contributed by atoms with E-state index in [0.717, 1.165) is 0 Å². The Kier molecular flexibility index (Phi) is 2.13. The number of nitrogens with zero attached hydrogens (tertiary/aromatic N) is 1. The minimum absolute atomic E-state index is 0.394. The Morgan fingerprint density at radius 3 is 3.14 bits per heavy atom. The van der Waals surface area contributed by atoms with Crippen molar-refractivity contribution in [2.24, 2.45) is 0 Å². The van der Waals surface area contributed by atoms with E-state index in [4.69, 9.17) is 11.6 Å². The van der Waals surface area contributed by atoms with Gasteiger partial charge in [0.25, 0.3) is 0 Å². The van der Waals surface area contributed by atoms with Crippen molar-refractivity contribution in [3.8, 4) is 0 Å². The van der Waals surface area contributed by atoms with Gasteiger partial charge in [-0.25, -0.2) is 4.79 Å². The van der Waals surface area contributed by atoms with Crippen LogP contribution in [0.3, 0.4) is 0 Å². The molecule has 1 N–H and O–H groups in total. The number of hydrogen-bond donors (Lipinski definition) is 1. The number of aromatic nitrogens is 2. The third-order valence-electron chi connectivity index (χ3n) is 1.92. The summed E-state index contributed by atoms with van der Waals surface area (Å²) >= 11 is 5.89. The Labute approximate surface area is 84.9 Å². The number of pyridine rings is 1. The molecule has 0 atom stereocenters. The molecule has 2 aromatic rings. The molecule has 0 saturated carbocycles. The van der Waals surface area contributed by atoms with Crippen LogP contribution in [-0.2, 0) is 4.74 Å². The fraction of sp³-hybridized carbons (Fsp3) is 0.111. The Hall–Kier alpha value is -1.55. The quantitative estimate of drug-likeness (QED) is 0.733. The van der Waals surface area contributed by atoms with E-state index in [1.165, 1.54) is 13.3 Å². The molecule has 0 saturated heterocycles. The number of carbonyl (C=O) groups is 1. The van der Waals surface area contributed by atoms with Gasteiger partial charge in [0.1, 0.15) is 11.1 Å². The van der Waals surface area contributed by atoms with Crippen molar-refractivity contribution >= 4 is 28.6 Å². The van der Waals surface area contributed by atoms with Crippen molar-refractivity contribution in [2.45, 2.75) is 0 Å². The largest absolute Gasteiger partial charge is 0.465 e. The van der Waals surface area contributed by atoms with Crippen LogP contribution in [0.1, 0.15) is 10.4 Å². The highest BCUT2D eigenvalue weighted by Gasteiger charge is 2.14. The molecule has 2 heterocycles. The van der Waals surface area contributed by atoms with Crippen molar-refractivity contribution in [3.05, 3.63) is 29.0 Å². The number of ether oxygens (including phenoxy) is 1. The fourth-order valence-corrected chi connectivity index (χ4v) is 1.46. The first-order valence-corrected chi connectivity index (χ1v) is 4.31. The monoisotopic (exact) mass is 210 g/mol. The van der Waals surface area contributed by atoms with Crippen molar-refractivity contribution in [2.75, 3.05) is 7.11 Å². The average molecular weight is 211 g/mol. The lowest BCUT2D eigenvalue weighted by Crippen LogP contribution is -2.00. The molecule has 2 rings (SSSR count). The fourth-order valence-electron chi connectivity index (χ4n) is 1.26. The smallest absolute Gasteiger partial charge is 0.341 e. The summed E-state index contributed by atoms with van der Waals surface area (Å²) in [6.07, 6.45) is 3.08. The van der Waals surface area contributed by atoms with E-state index >= 15 is 0 Å². The number of fused-ring (bicyclic) bond motifs is 1. The van der Waals surface area contributed by atoms with Crippen LogP contribution in [0.5, 0.6) is 0 Å². The first-order chi connectivity index (χ1) is 6.74. The first-order valence-electron chi connectivity index (χ1n) is 3.94. The van der Waals surface area contributed by atoms with E-state index in [9.17, 15) is 4.79 Å². The number of carbonyl (C=O) groups excluding carboxylic acids is 1. The highest BCUT2D eigenvalue weighted by molar-refractivity contribution is 6.35. The summed E-state index contributed by atoms with van der Waals surface area (Å²) in [4.78, 5) is 18.2. The van der Waals surface area contributed by atoms with Gasteiger partial charge in [-0.3, -0.25) is 4.98 Å². The second-order valence-corrected chi connectivity index (χ2v) is 3.12. The summed E-state index contributed by atoms with van der Waals surface area (Å²) in [5, 5.41) is 0.533. The third-order valence-corrected chi connectivity index (χ3v) is 2.24. The number of halogens is 1. The summed E-state index contributed by atoms with van der Waals surface area (Å²) in [5.74, 6) is -0.425. The molecular formula is C9H7ClN2O2. The molecular weight excluding hydrogens is 204 g/mol. The van der Waals surface area contributed by atoms with Gasteiger partial charge in [0, 0.05) is 12.4 Å². The minimum atomic E-state index is -0.425. The number of aromatic amines is 1. The second kappa shape index (κ2) is 3.31. The molecule has 0 bridgehead atoms. The predicted octanol–water partition coefficient (Wildman–Crippen LogP) is 2.00. The molecule has 5 heteroatoms. The summed E-state index contributed by atoms with van der Waals surface area (Å²) < 4.78 is 4.60. The molecule has 0 fully saturated rings. The Bertz CT molecular complexity index is 493. The van der Waals surface area contributed by atoms with Crippen molar-refractivity contribution in [1.82, 2.24) is 9.97 Å². The van der Waals surface area contributed by atoms with Gasteiger partial charge in [0.05, 0.1) is 17.6 Å². The SMILES string of the molecule is COC(=O)c1c[nH]c2c(Cl)ccnc12. The van der Waals surface area contributed by atoms with Gasteiger partial charge in [-0.05, 0) is 6.07 Å². The predicted molar refractivity (Wildman–Crippen MR) is 52.4 cm³/mol. The molecule has 0 aliphatic rings. The molecule has 0 aliphatic heterocycles. The number of hydrogen-bond acceptors (Lipinski definition) is 3. The molecule has 2 aromatic heterocycles. The van der Waals surface area contributed by atoms with E-state index in [-0.39, 0.29) is 0 Å². The summed E-state index contributed by atoms with van der Waals surface area (Å²) in [6.45, 7) is 0. The maximum absolute atomic E-state index is 11.3. The molecule has 0 spiro atoms. The topological polar surface area (TPSA) is 55.0 Å². The van der Waals surface area contributed by atoms with Gasteiger partial charge < -0.3 is 9.72 Å². The lowest BCUT2D eigenvalue weighted by molar-refractivity contribution is 0.0603. The van der Waals surface area contributed by atoms with Crippen LogP contribution in [0.15, 0.2) is 18.5 Å². The van der Waals surface area contributed by atoms with Gasteiger partial charge in [-0.2, -0.15) is 0 Å². The maximum atomic E-state index is 11.3. The van der Waals surface area contributed by atoms with Crippen LogP contribution < -0.4 is 0 Å². The Morgan fingerprint density at radius 1 is 1.64 bits per heavy atom. The van der Waals surface area contributed by atoms with Crippen LogP contribution >= 0.6 is 11.6 Å². The van der Waals surface area contributed by atoms with Gasteiger partial charge in [-0.1, -0.05) is 11.6 Å². The number of H-pyrrole nitrogens is 1. The molecule has 0 aromatic carbocycles. The summed E-state index contributed by atoms with van der Waals surface area (Å²) in [7, 11) is 1.33. The standard InChI is InChI=1S/C9H7ClN2O2/c1-14-9(13)5-4-12-8-6(10)2-3-11-7(5)8/h2-4,12H,1H3. The molecule has 14 heavy (non-hydrogen) atoms. The molecule has 72 valence electrons. The normalized spacial score (nSPS) is 10.4. The first kappa shape index (κ1) is 9.02. The van der Waals surface area contributed by atoms with Crippen LogP contribution in [0.2, 0.25) is 5.02 Å². The van der Waals surface area contributed by atoms with Crippen molar-refractivity contribution in [1.29, 1.82) is 0 Å². The number of methoxy groups -OCH3 is 1. The van der Waals surface area contributed by atoms with Gasteiger partial charge in [0.2, 0.25) is 0 Å². The third kappa shape index (κ3) is 1.24. The lowest BCUT2D eigenvalue weighted by Gasteiger charge is -1.95. The molecule has 4 nitrogen and oxygen atoms in total. The van der Waals surface area contributed by atoms with Gasteiger partial charge >= 0.3 is 5.97 Å². The highest BCUT2D eigenvalue weighted by Crippen LogP contribution is 2.23. The maximum Gasteiger partial charge on any atom is 0.341 e. The van der Waals surface area contributed by atoms with E-state index < -0.39 is 5.97 Å².